The first-order chi connectivity index (χ1) is 14.0. The van der Waals surface area contributed by atoms with Crippen LogP contribution in [0.1, 0.15) is 32.3 Å². The zero-order chi connectivity index (χ0) is 20.8. The highest BCUT2D eigenvalue weighted by Gasteiger charge is 2.21. The quantitative estimate of drug-likeness (QED) is 0.430. The van der Waals surface area contributed by atoms with Gasteiger partial charge in [0.1, 0.15) is 5.69 Å². The maximum atomic E-state index is 12.7. The summed E-state index contributed by atoms with van der Waals surface area (Å²) in [5, 5.41) is 11.8. The number of nitrogens with zero attached hydrogens (tertiary/aromatic N) is 4. The van der Waals surface area contributed by atoms with Crippen molar-refractivity contribution in [1.82, 2.24) is 19.7 Å². The molecule has 0 radical (unpaired) electrons. The van der Waals surface area contributed by atoms with E-state index in [1.807, 2.05) is 54.0 Å². The van der Waals surface area contributed by atoms with Gasteiger partial charge in [-0.3, -0.25) is 14.3 Å². The molecule has 0 aliphatic rings. The highest BCUT2D eigenvalue weighted by molar-refractivity contribution is 8.00. The molecule has 1 N–H and O–H groups in total. The number of amides is 1. The van der Waals surface area contributed by atoms with Gasteiger partial charge < -0.3 is 5.32 Å². The molecule has 1 atom stereocenters. The predicted octanol–water partition coefficient (Wildman–Crippen LogP) is 4.77. The molecule has 3 rings (SSSR count). The monoisotopic (exact) mass is 407 g/mol. The van der Waals surface area contributed by atoms with E-state index < -0.39 is 0 Å². The average Bonchev–Trinajstić information content (AvgIpc) is 3.11. The van der Waals surface area contributed by atoms with Crippen LogP contribution in [0.3, 0.4) is 0 Å². The van der Waals surface area contributed by atoms with Crippen molar-refractivity contribution in [2.75, 3.05) is 5.32 Å². The second kappa shape index (κ2) is 9.52. The predicted molar refractivity (Wildman–Crippen MR) is 118 cm³/mol. The molecule has 1 unspecified atom stereocenters. The number of benzene rings is 1. The van der Waals surface area contributed by atoms with Crippen molar-refractivity contribution >= 4 is 23.4 Å². The summed E-state index contributed by atoms with van der Waals surface area (Å²) in [5.74, 6) is 1.03. The lowest BCUT2D eigenvalue weighted by atomic mass is 10.0. The van der Waals surface area contributed by atoms with Crippen molar-refractivity contribution in [3.05, 3.63) is 66.9 Å². The van der Waals surface area contributed by atoms with Gasteiger partial charge in [-0.15, -0.1) is 16.8 Å². The molecule has 0 aliphatic heterocycles. The number of thioether (sulfide) groups is 1. The molecular weight excluding hydrogens is 382 g/mol. The fraction of sp³-hybridized carbons (Fsp3) is 0.273. The van der Waals surface area contributed by atoms with E-state index in [-0.39, 0.29) is 11.2 Å². The number of rotatable bonds is 8. The molecule has 0 bridgehead atoms. The minimum atomic E-state index is -0.343. The van der Waals surface area contributed by atoms with Crippen LogP contribution in [0, 0.1) is 0 Å². The first-order valence-electron chi connectivity index (χ1n) is 9.52. The Hall–Kier alpha value is -2.93. The number of anilines is 1. The van der Waals surface area contributed by atoms with Crippen molar-refractivity contribution in [3.63, 3.8) is 0 Å². The number of hydrogen-bond donors (Lipinski definition) is 1. The zero-order valence-corrected chi connectivity index (χ0v) is 17.7. The molecule has 29 heavy (non-hydrogen) atoms. The maximum Gasteiger partial charge on any atom is 0.237 e. The van der Waals surface area contributed by atoms with Crippen LogP contribution in [0.25, 0.3) is 11.5 Å². The molecule has 6 nitrogen and oxygen atoms in total. The lowest BCUT2D eigenvalue weighted by Crippen LogP contribution is -2.23. The second-order valence-electron chi connectivity index (χ2n) is 6.95. The minimum absolute atomic E-state index is 0.0835. The van der Waals surface area contributed by atoms with Gasteiger partial charge in [-0.25, -0.2) is 0 Å². The summed E-state index contributed by atoms with van der Waals surface area (Å²) in [6.07, 6.45) is 3.50. The molecule has 1 amide bonds. The Morgan fingerprint density at radius 2 is 1.93 bits per heavy atom. The molecule has 0 saturated carbocycles. The Morgan fingerprint density at radius 1 is 1.17 bits per heavy atom. The van der Waals surface area contributed by atoms with E-state index >= 15 is 0 Å². The summed E-state index contributed by atoms with van der Waals surface area (Å²) in [5.41, 5.74) is 2.76. The summed E-state index contributed by atoms with van der Waals surface area (Å²) in [7, 11) is 0. The second-order valence-corrected chi connectivity index (χ2v) is 8.25. The molecule has 0 spiro atoms. The normalized spacial score (nSPS) is 12.0. The van der Waals surface area contributed by atoms with Gasteiger partial charge in [0.05, 0.1) is 5.25 Å². The van der Waals surface area contributed by atoms with Gasteiger partial charge >= 0.3 is 0 Å². The van der Waals surface area contributed by atoms with Crippen LogP contribution >= 0.6 is 11.8 Å². The van der Waals surface area contributed by atoms with Crippen LogP contribution in [-0.2, 0) is 11.3 Å². The third-order valence-corrected chi connectivity index (χ3v) is 5.50. The average molecular weight is 408 g/mol. The Kier molecular flexibility index (Phi) is 6.82. The van der Waals surface area contributed by atoms with E-state index in [2.05, 4.69) is 40.9 Å². The highest BCUT2D eigenvalue weighted by Crippen LogP contribution is 2.27. The van der Waals surface area contributed by atoms with E-state index in [4.69, 9.17) is 0 Å². The molecular formula is C22H25N5OS. The fourth-order valence-corrected chi connectivity index (χ4v) is 3.62. The smallest absolute Gasteiger partial charge is 0.237 e. The molecule has 7 heteroatoms. The molecule has 0 fully saturated rings. The molecule has 0 aliphatic carbocycles. The van der Waals surface area contributed by atoms with Gasteiger partial charge in [0, 0.05) is 18.4 Å². The first kappa shape index (κ1) is 20.8. The Labute approximate surface area is 175 Å². The van der Waals surface area contributed by atoms with Gasteiger partial charge in [0.15, 0.2) is 11.0 Å². The maximum absolute atomic E-state index is 12.7. The third-order valence-electron chi connectivity index (χ3n) is 4.42. The van der Waals surface area contributed by atoms with E-state index in [0.29, 0.717) is 23.4 Å². The van der Waals surface area contributed by atoms with Crippen molar-refractivity contribution in [2.24, 2.45) is 0 Å². The van der Waals surface area contributed by atoms with Gasteiger partial charge in [0.2, 0.25) is 5.91 Å². The molecule has 2 heterocycles. The zero-order valence-electron chi connectivity index (χ0n) is 16.9. The molecule has 0 saturated heterocycles. The Morgan fingerprint density at radius 3 is 2.55 bits per heavy atom. The van der Waals surface area contributed by atoms with E-state index in [1.54, 1.807) is 12.3 Å². The summed E-state index contributed by atoms with van der Waals surface area (Å²) in [6.45, 7) is 10.5. The largest absolute Gasteiger partial charge is 0.325 e. The molecule has 3 aromatic rings. The SMILES string of the molecule is C=CCn1c(SC(C)C(=O)Nc2ccc(C(C)C)cc2)nnc1-c1ccccn1. The summed E-state index contributed by atoms with van der Waals surface area (Å²) in [4.78, 5) is 17.0. The van der Waals surface area contributed by atoms with E-state index in [9.17, 15) is 4.79 Å². The van der Waals surface area contributed by atoms with Gasteiger partial charge in [-0.2, -0.15) is 0 Å². The lowest BCUT2D eigenvalue weighted by Gasteiger charge is -2.13. The topological polar surface area (TPSA) is 72.7 Å². The van der Waals surface area contributed by atoms with Crippen LogP contribution < -0.4 is 5.32 Å². The third kappa shape index (κ3) is 5.12. The number of hydrogen-bond acceptors (Lipinski definition) is 5. The van der Waals surface area contributed by atoms with E-state index in [0.717, 1.165) is 11.4 Å². The number of allylic oxidation sites excluding steroid dienone is 1. The van der Waals surface area contributed by atoms with Crippen molar-refractivity contribution in [2.45, 2.75) is 43.6 Å². The van der Waals surface area contributed by atoms with Crippen LogP contribution in [0.4, 0.5) is 5.69 Å². The summed E-state index contributed by atoms with van der Waals surface area (Å²) in [6, 6.07) is 13.6. The molecule has 1 aromatic carbocycles. The van der Waals surface area contributed by atoms with Gasteiger partial charge in [-0.1, -0.05) is 49.9 Å². The standard InChI is InChI=1S/C22H25N5OS/c1-5-14-27-20(19-8-6-7-13-23-19)25-26-22(27)29-16(4)21(28)24-18-11-9-17(10-12-18)15(2)3/h5-13,15-16H,1,14H2,2-4H3,(H,24,28). The highest BCUT2D eigenvalue weighted by atomic mass is 32.2. The van der Waals surface area contributed by atoms with Crippen LogP contribution in [0.5, 0.6) is 0 Å². The summed E-state index contributed by atoms with van der Waals surface area (Å²) >= 11 is 1.36. The van der Waals surface area contributed by atoms with Crippen LogP contribution in [0.2, 0.25) is 0 Å². The van der Waals surface area contributed by atoms with Gasteiger partial charge in [0.25, 0.3) is 0 Å². The lowest BCUT2D eigenvalue weighted by molar-refractivity contribution is -0.115. The molecule has 150 valence electrons. The number of pyridine rings is 1. The molecule has 2 aromatic heterocycles. The van der Waals surface area contributed by atoms with Crippen molar-refractivity contribution < 1.29 is 4.79 Å². The summed E-state index contributed by atoms with van der Waals surface area (Å²) < 4.78 is 1.92. The Bertz CT molecular complexity index is 967. The number of nitrogens with one attached hydrogen (secondary N) is 1. The fourth-order valence-electron chi connectivity index (χ4n) is 2.76. The first-order valence-corrected chi connectivity index (χ1v) is 10.4. The van der Waals surface area contributed by atoms with Crippen molar-refractivity contribution in [3.8, 4) is 11.5 Å². The number of aromatic nitrogens is 4. The Balaban J connectivity index is 1.72. The van der Waals surface area contributed by atoms with E-state index in [1.165, 1.54) is 17.3 Å². The number of carbonyl (C=O) groups excluding carboxylic acids is 1. The minimum Gasteiger partial charge on any atom is -0.325 e. The van der Waals surface area contributed by atoms with Crippen LogP contribution in [-0.4, -0.2) is 30.9 Å². The van der Waals surface area contributed by atoms with Gasteiger partial charge in [-0.05, 0) is 42.7 Å². The van der Waals surface area contributed by atoms with Crippen molar-refractivity contribution in [1.29, 1.82) is 0 Å². The number of carbonyl (C=O) groups is 1. The van der Waals surface area contributed by atoms with Crippen LogP contribution in [0.15, 0.2) is 66.5 Å².